The van der Waals surface area contributed by atoms with Crippen LogP contribution in [-0.4, -0.2) is 39.3 Å². The predicted octanol–water partition coefficient (Wildman–Crippen LogP) is 3.05. The van der Waals surface area contributed by atoms with Crippen LogP contribution in [-0.2, 0) is 30.7 Å². The molecule has 0 aliphatic rings. The van der Waals surface area contributed by atoms with Crippen molar-refractivity contribution in [2.75, 3.05) is 7.11 Å². The lowest BCUT2D eigenvalue weighted by atomic mass is 10.0. The smallest absolute Gasteiger partial charge is 0.336 e. The van der Waals surface area contributed by atoms with Gasteiger partial charge in [-0.15, -0.1) is 0 Å². The van der Waals surface area contributed by atoms with Crippen molar-refractivity contribution >= 4 is 11.9 Å². The second kappa shape index (κ2) is 11.3. The molecule has 2 aromatic heterocycles. The fourth-order valence-corrected chi connectivity index (χ4v) is 4.00. The number of hydrogen-bond donors (Lipinski definition) is 4. The molecule has 36 heavy (non-hydrogen) atoms. The summed E-state index contributed by atoms with van der Waals surface area (Å²) in [7, 11) is 1.52. The summed E-state index contributed by atoms with van der Waals surface area (Å²) in [5.74, 6) is -1.42. The van der Waals surface area contributed by atoms with E-state index in [1.54, 1.807) is 36.5 Å². The van der Waals surface area contributed by atoms with Crippen LogP contribution >= 0.6 is 0 Å². The molecule has 0 saturated heterocycles. The molecule has 0 spiro atoms. The number of pyridine rings is 1. The molecule has 9 nitrogen and oxygen atoms in total. The SMILES string of the molecule is COCc1n[nH]c(Cc2ccc(Cc3ccc[nH]c3=O)cc2)c1C(=O)NCc1ccccc1C(=O)O. The van der Waals surface area contributed by atoms with Crippen molar-refractivity contribution < 1.29 is 19.4 Å². The van der Waals surface area contributed by atoms with Crippen LogP contribution in [0, 0.1) is 0 Å². The molecule has 184 valence electrons. The minimum Gasteiger partial charge on any atom is -0.478 e. The number of aromatic amines is 2. The monoisotopic (exact) mass is 486 g/mol. The molecule has 1 amide bonds. The first-order valence-corrected chi connectivity index (χ1v) is 11.3. The molecule has 2 aromatic carbocycles. The van der Waals surface area contributed by atoms with Crippen LogP contribution < -0.4 is 10.9 Å². The average molecular weight is 487 g/mol. The number of nitrogens with one attached hydrogen (secondary N) is 3. The van der Waals surface area contributed by atoms with Crippen molar-refractivity contribution in [3.8, 4) is 0 Å². The molecule has 4 aromatic rings. The molecule has 9 heteroatoms. The zero-order valence-electron chi connectivity index (χ0n) is 19.7. The van der Waals surface area contributed by atoms with Gasteiger partial charge < -0.3 is 20.1 Å². The fourth-order valence-electron chi connectivity index (χ4n) is 4.00. The van der Waals surface area contributed by atoms with Crippen LogP contribution in [0.3, 0.4) is 0 Å². The van der Waals surface area contributed by atoms with Crippen LogP contribution in [0.25, 0.3) is 0 Å². The Morgan fingerprint density at radius 3 is 2.36 bits per heavy atom. The number of nitrogens with zero attached hydrogens (tertiary/aromatic N) is 1. The summed E-state index contributed by atoms with van der Waals surface area (Å²) < 4.78 is 5.21. The second-order valence-corrected chi connectivity index (χ2v) is 8.30. The van der Waals surface area contributed by atoms with Gasteiger partial charge in [-0.3, -0.25) is 14.7 Å². The Bertz CT molecular complexity index is 1420. The van der Waals surface area contributed by atoms with Crippen LogP contribution in [0.4, 0.5) is 0 Å². The van der Waals surface area contributed by atoms with Gasteiger partial charge in [0.15, 0.2) is 0 Å². The first-order chi connectivity index (χ1) is 17.5. The van der Waals surface area contributed by atoms with Gasteiger partial charge in [0, 0.05) is 38.3 Å². The summed E-state index contributed by atoms with van der Waals surface area (Å²) in [6, 6.07) is 18.0. The summed E-state index contributed by atoms with van der Waals surface area (Å²) >= 11 is 0. The Hall–Kier alpha value is -4.50. The number of carboxylic acids is 1. The molecule has 0 atom stereocenters. The molecular formula is C27H26N4O5. The number of carbonyl (C=O) groups is 2. The standard InChI is InChI=1S/C27H26N4O5/c1-36-16-23-24(26(33)29-15-20-5-2-3-7-21(20)27(34)35)22(30-31-23)14-18-10-8-17(9-11-18)13-19-6-4-12-28-25(19)32/h2-12H,13-16H2,1H3,(H,28,32)(H,29,33)(H,30,31)(H,34,35). The molecule has 0 bridgehead atoms. The van der Waals surface area contributed by atoms with Gasteiger partial charge in [-0.25, -0.2) is 4.79 Å². The first-order valence-electron chi connectivity index (χ1n) is 11.3. The molecule has 2 heterocycles. The van der Waals surface area contributed by atoms with Gasteiger partial charge in [-0.1, -0.05) is 48.5 Å². The maximum Gasteiger partial charge on any atom is 0.336 e. The number of aromatic nitrogens is 3. The van der Waals surface area contributed by atoms with E-state index in [9.17, 15) is 19.5 Å². The number of ether oxygens (including phenoxy) is 1. The predicted molar refractivity (Wildman–Crippen MR) is 133 cm³/mol. The van der Waals surface area contributed by atoms with Crippen LogP contribution in [0.5, 0.6) is 0 Å². The van der Waals surface area contributed by atoms with Crippen molar-refractivity contribution in [2.24, 2.45) is 0 Å². The third kappa shape index (κ3) is 5.76. The first kappa shape index (κ1) is 24.6. The summed E-state index contributed by atoms with van der Waals surface area (Å²) in [5.41, 5.74) is 4.65. The Morgan fingerprint density at radius 1 is 0.972 bits per heavy atom. The van der Waals surface area contributed by atoms with Gasteiger partial charge in [0.1, 0.15) is 5.69 Å². The van der Waals surface area contributed by atoms with Gasteiger partial charge in [-0.2, -0.15) is 5.10 Å². The van der Waals surface area contributed by atoms with E-state index in [-0.39, 0.29) is 30.2 Å². The minimum atomic E-state index is -1.05. The molecule has 0 unspecified atom stereocenters. The lowest BCUT2D eigenvalue weighted by Gasteiger charge is -2.10. The van der Waals surface area contributed by atoms with Crippen molar-refractivity contribution in [1.82, 2.24) is 20.5 Å². The summed E-state index contributed by atoms with van der Waals surface area (Å²) in [5, 5.41) is 19.4. The molecule has 0 saturated carbocycles. The topological polar surface area (TPSA) is 137 Å². The van der Waals surface area contributed by atoms with Gasteiger partial charge in [0.2, 0.25) is 0 Å². The Balaban J connectivity index is 1.50. The molecule has 4 rings (SSSR count). The van der Waals surface area contributed by atoms with Gasteiger partial charge >= 0.3 is 5.97 Å². The Morgan fingerprint density at radius 2 is 1.67 bits per heavy atom. The van der Waals surface area contributed by atoms with E-state index in [1.807, 2.05) is 24.3 Å². The van der Waals surface area contributed by atoms with E-state index < -0.39 is 5.97 Å². The minimum absolute atomic E-state index is 0.0612. The van der Waals surface area contributed by atoms with Crippen LogP contribution in [0.1, 0.15) is 54.4 Å². The lowest BCUT2D eigenvalue weighted by Crippen LogP contribution is -2.25. The highest BCUT2D eigenvalue weighted by molar-refractivity contribution is 5.97. The Kier molecular flexibility index (Phi) is 7.72. The van der Waals surface area contributed by atoms with Gasteiger partial charge in [0.25, 0.3) is 11.5 Å². The second-order valence-electron chi connectivity index (χ2n) is 8.30. The number of amides is 1. The quantitative estimate of drug-likeness (QED) is 0.272. The van der Waals surface area contributed by atoms with E-state index >= 15 is 0 Å². The number of benzene rings is 2. The lowest BCUT2D eigenvalue weighted by molar-refractivity contribution is 0.0694. The zero-order valence-corrected chi connectivity index (χ0v) is 19.7. The highest BCUT2D eigenvalue weighted by Crippen LogP contribution is 2.19. The van der Waals surface area contributed by atoms with Crippen molar-refractivity contribution in [3.63, 3.8) is 0 Å². The normalized spacial score (nSPS) is 10.8. The third-order valence-electron chi connectivity index (χ3n) is 5.81. The summed E-state index contributed by atoms with van der Waals surface area (Å²) in [6.45, 7) is 0.210. The average Bonchev–Trinajstić information content (AvgIpc) is 3.27. The number of H-pyrrole nitrogens is 2. The third-order valence-corrected chi connectivity index (χ3v) is 5.81. The molecule has 0 radical (unpaired) electrons. The number of methoxy groups -OCH3 is 1. The molecule has 0 aliphatic heterocycles. The zero-order chi connectivity index (χ0) is 25.5. The number of carboxylic acid groups (broad SMARTS) is 1. The number of hydrogen-bond acceptors (Lipinski definition) is 5. The van der Waals surface area contributed by atoms with E-state index in [1.165, 1.54) is 13.2 Å². The van der Waals surface area contributed by atoms with Crippen molar-refractivity contribution in [3.05, 3.63) is 122 Å². The van der Waals surface area contributed by atoms with Crippen LogP contribution in [0.2, 0.25) is 0 Å². The van der Waals surface area contributed by atoms with Crippen LogP contribution in [0.15, 0.2) is 71.7 Å². The highest BCUT2D eigenvalue weighted by atomic mass is 16.5. The fraction of sp³-hybridized carbons (Fsp3) is 0.185. The number of aromatic carboxylic acids is 1. The maximum atomic E-state index is 13.1. The molecule has 0 aliphatic carbocycles. The molecule has 0 fully saturated rings. The molecular weight excluding hydrogens is 460 g/mol. The highest BCUT2D eigenvalue weighted by Gasteiger charge is 2.21. The number of carbonyl (C=O) groups excluding carboxylic acids is 1. The largest absolute Gasteiger partial charge is 0.478 e. The Labute approximate surface area is 207 Å². The summed E-state index contributed by atoms with van der Waals surface area (Å²) in [4.78, 5) is 39.2. The van der Waals surface area contributed by atoms with Gasteiger partial charge in [0.05, 0.1) is 23.4 Å². The van der Waals surface area contributed by atoms with Gasteiger partial charge in [-0.05, 0) is 28.8 Å². The number of rotatable bonds is 10. The van der Waals surface area contributed by atoms with Crippen molar-refractivity contribution in [2.45, 2.75) is 26.0 Å². The summed E-state index contributed by atoms with van der Waals surface area (Å²) in [6.07, 6.45) is 2.55. The van der Waals surface area contributed by atoms with Crippen molar-refractivity contribution in [1.29, 1.82) is 0 Å². The maximum absolute atomic E-state index is 13.1. The molecule has 4 N–H and O–H groups in total. The van der Waals surface area contributed by atoms with E-state index in [4.69, 9.17) is 4.74 Å². The van der Waals surface area contributed by atoms with E-state index in [2.05, 4.69) is 20.5 Å². The van der Waals surface area contributed by atoms with E-state index in [0.29, 0.717) is 40.9 Å². The van der Waals surface area contributed by atoms with E-state index in [0.717, 1.165) is 11.1 Å².